The van der Waals surface area contributed by atoms with Gasteiger partial charge in [-0.15, -0.1) is 0 Å². The van der Waals surface area contributed by atoms with Gasteiger partial charge in [0.1, 0.15) is 0 Å². The Morgan fingerprint density at radius 2 is 1.62 bits per heavy atom. The number of nitrogens with zero attached hydrogens (tertiary/aromatic N) is 2. The number of carbonyl (C=O) groups is 1. The number of hydrazine groups is 1. The van der Waals surface area contributed by atoms with Gasteiger partial charge in [-0.1, -0.05) is 34.1 Å². The number of piperidine rings is 1. The van der Waals surface area contributed by atoms with Crippen LogP contribution in [0.4, 0.5) is 5.69 Å². The molecule has 1 aliphatic rings. The lowest BCUT2D eigenvalue weighted by atomic mass is 10.1. The lowest BCUT2D eigenvalue weighted by Gasteiger charge is -2.39. The van der Waals surface area contributed by atoms with Crippen LogP contribution in [0.15, 0.2) is 64.0 Å². The van der Waals surface area contributed by atoms with Crippen LogP contribution in [0.2, 0.25) is 0 Å². The van der Waals surface area contributed by atoms with Crippen LogP contribution in [0.5, 0.6) is 0 Å². The largest absolute Gasteiger partial charge is 0.273 e. The van der Waals surface area contributed by atoms with Crippen LogP contribution >= 0.6 is 15.9 Å². The number of hydrogen-bond acceptors (Lipinski definition) is 4. The molecule has 0 saturated carbocycles. The van der Waals surface area contributed by atoms with Gasteiger partial charge in [0, 0.05) is 24.5 Å². The maximum absolute atomic E-state index is 12.9. The average molecular weight is 437 g/mol. The van der Waals surface area contributed by atoms with E-state index in [0.717, 1.165) is 10.2 Å². The number of rotatable bonds is 4. The first-order valence-corrected chi connectivity index (χ1v) is 10.8. The van der Waals surface area contributed by atoms with Gasteiger partial charge in [0.2, 0.25) is 5.91 Å². The summed E-state index contributed by atoms with van der Waals surface area (Å²) in [7, 11) is -3.36. The van der Waals surface area contributed by atoms with Crippen LogP contribution < -0.4 is 5.01 Å². The molecule has 0 unspecified atom stereocenters. The van der Waals surface area contributed by atoms with Gasteiger partial charge in [-0.3, -0.25) is 4.79 Å². The van der Waals surface area contributed by atoms with E-state index >= 15 is 0 Å². The topological polar surface area (TPSA) is 57.7 Å². The quantitative estimate of drug-likeness (QED) is 0.733. The van der Waals surface area contributed by atoms with Gasteiger partial charge >= 0.3 is 0 Å². The predicted octanol–water partition coefficient (Wildman–Crippen LogP) is 3.66. The molecule has 2 aromatic carbocycles. The zero-order chi connectivity index (χ0) is 18.7. The van der Waals surface area contributed by atoms with E-state index in [1.54, 1.807) is 29.3 Å². The van der Waals surface area contributed by atoms with Crippen LogP contribution in [-0.2, 0) is 14.6 Å². The lowest BCUT2D eigenvalue weighted by molar-refractivity contribution is -0.119. The van der Waals surface area contributed by atoms with Gasteiger partial charge in [-0.05, 0) is 49.2 Å². The summed E-state index contributed by atoms with van der Waals surface area (Å²) in [6.07, 6.45) is 0.990. The van der Waals surface area contributed by atoms with Gasteiger partial charge in [0.25, 0.3) is 0 Å². The molecule has 1 heterocycles. The zero-order valence-corrected chi connectivity index (χ0v) is 16.9. The fourth-order valence-corrected chi connectivity index (χ4v) is 5.28. The number of carbonyl (C=O) groups excluding carboxylic acids is 1. The van der Waals surface area contributed by atoms with Gasteiger partial charge < -0.3 is 0 Å². The fourth-order valence-electron chi connectivity index (χ4n) is 3.28. The summed E-state index contributed by atoms with van der Waals surface area (Å²) in [4.78, 5) is 12.5. The summed E-state index contributed by atoms with van der Waals surface area (Å²) in [5, 5.41) is 3.15. The molecule has 2 aromatic rings. The van der Waals surface area contributed by atoms with Crippen molar-refractivity contribution in [3.63, 3.8) is 0 Å². The van der Waals surface area contributed by atoms with Gasteiger partial charge in [0.05, 0.1) is 15.8 Å². The minimum absolute atomic E-state index is 0.0783. The van der Waals surface area contributed by atoms with E-state index in [2.05, 4.69) is 15.9 Å². The second-order valence-electron chi connectivity index (χ2n) is 6.32. The Labute approximate surface area is 162 Å². The molecule has 0 spiro atoms. The van der Waals surface area contributed by atoms with E-state index in [-0.39, 0.29) is 5.91 Å². The first-order valence-electron chi connectivity index (χ1n) is 8.49. The predicted molar refractivity (Wildman–Crippen MR) is 106 cm³/mol. The fraction of sp³-hybridized carbons (Fsp3) is 0.316. The van der Waals surface area contributed by atoms with Crippen molar-refractivity contribution in [1.29, 1.82) is 0 Å². The van der Waals surface area contributed by atoms with Crippen molar-refractivity contribution in [1.82, 2.24) is 5.01 Å². The monoisotopic (exact) mass is 436 g/mol. The van der Waals surface area contributed by atoms with E-state index in [0.29, 0.717) is 30.8 Å². The van der Waals surface area contributed by atoms with Crippen molar-refractivity contribution in [3.8, 4) is 0 Å². The van der Waals surface area contributed by atoms with Gasteiger partial charge in [-0.2, -0.15) is 0 Å². The Balaban J connectivity index is 1.74. The zero-order valence-electron chi connectivity index (χ0n) is 14.5. The molecule has 1 amide bonds. The first-order chi connectivity index (χ1) is 12.4. The molecule has 0 aliphatic carbocycles. The van der Waals surface area contributed by atoms with E-state index in [4.69, 9.17) is 0 Å². The van der Waals surface area contributed by atoms with Crippen molar-refractivity contribution in [2.75, 3.05) is 18.1 Å². The molecule has 0 bridgehead atoms. The highest BCUT2D eigenvalue weighted by Crippen LogP contribution is 2.28. The molecule has 138 valence electrons. The molecule has 0 atom stereocenters. The van der Waals surface area contributed by atoms with Crippen LogP contribution in [0.1, 0.15) is 19.8 Å². The molecule has 0 radical (unpaired) electrons. The highest BCUT2D eigenvalue weighted by Gasteiger charge is 2.33. The standard InChI is InChI=1S/C19H21BrN2O3S/c1-15(23)22(17-5-3-2-4-6-17)21-13-11-19(12-14-21)26(24,25)18-9-7-16(20)8-10-18/h2-10,19H,11-14H2,1H3. The van der Waals surface area contributed by atoms with Crippen LogP contribution in [0.25, 0.3) is 0 Å². The van der Waals surface area contributed by atoms with Crippen molar-refractivity contribution < 1.29 is 13.2 Å². The van der Waals surface area contributed by atoms with Crippen molar-refractivity contribution >= 4 is 37.4 Å². The van der Waals surface area contributed by atoms with E-state index in [9.17, 15) is 13.2 Å². The maximum atomic E-state index is 12.9. The molecule has 3 rings (SSSR count). The SMILES string of the molecule is CC(=O)N(c1ccccc1)N1CCC(S(=O)(=O)c2ccc(Br)cc2)CC1. The molecule has 26 heavy (non-hydrogen) atoms. The van der Waals surface area contributed by atoms with Gasteiger partial charge in [0.15, 0.2) is 9.84 Å². The summed E-state index contributed by atoms with van der Waals surface area (Å²) in [6, 6.07) is 16.2. The van der Waals surface area contributed by atoms with Crippen molar-refractivity contribution in [2.24, 2.45) is 0 Å². The molecular weight excluding hydrogens is 416 g/mol. The van der Waals surface area contributed by atoms with E-state index in [1.165, 1.54) is 6.92 Å². The number of halogens is 1. The number of anilines is 1. The first kappa shape index (κ1) is 19.1. The minimum Gasteiger partial charge on any atom is -0.273 e. The lowest BCUT2D eigenvalue weighted by Crippen LogP contribution is -2.51. The molecule has 1 fully saturated rings. The third kappa shape index (κ3) is 4.00. The van der Waals surface area contributed by atoms with Crippen molar-refractivity contribution in [2.45, 2.75) is 29.9 Å². The molecule has 1 aliphatic heterocycles. The Bertz CT molecular complexity index is 861. The van der Waals surface area contributed by atoms with Gasteiger partial charge in [-0.25, -0.2) is 18.4 Å². The van der Waals surface area contributed by atoms with Crippen molar-refractivity contribution in [3.05, 3.63) is 59.1 Å². The molecular formula is C19H21BrN2O3S. The third-order valence-corrected chi connectivity index (χ3v) is 7.39. The maximum Gasteiger partial charge on any atom is 0.238 e. The second kappa shape index (κ2) is 7.90. The Morgan fingerprint density at radius 3 is 2.15 bits per heavy atom. The number of hydrogen-bond donors (Lipinski definition) is 0. The summed E-state index contributed by atoms with van der Waals surface area (Å²) in [5.41, 5.74) is 0.800. The number of para-hydroxylation sites is 1. The molecule has 0 N–H and O–H groups in total. The van der Waals surface area contributed by atoms with Crippen LogP contribution in [0, 0.1) is 0 Å². The summed E-state index contributed by atoms with van der Waals surface area (Å²) < 4.78 is 26.6. The summed E-state index contributed by atoms with van der Waals surface area (Å²) in [5.74, 6) is -0.0783. The summed E-state index contributed by atoms with van der Waals surface area (Å²) >= 11 is 3.33. The molecule has 0 aromatic heterocycles. The van der Waals surface area contributed by atoms with Crippen LogP contribution in [0.3, 0.4) is 0 Å². The van der Waals surface area contributed by atoms with E-state index < -0.39 is 15.1 Å². The molecule has 7 heteroatoms. The number of amides is 1. The van der Waals surface area contributed by atoms with Crippen LogP contribution in [-0.4, -0.2) is 37.7 Å². The Kier molecular flexibility index (Phi) is 5.79. The summed E-state index contributed by atoms with van der Waals surface area (Å²) in [6.45, 7) is 2.57. The highest BCUT2D eigenvalue weighted by atomic mass is 79.9. The number of benzene rings is 2. The van der Waals surface area contributed by atoms with E-state index in [1.807, 2.05) is 35.3 Å². The second-order valence-corrected chi connectivity index (χ2v) is 9.46. The smallest absolute Gasteiger partial charge is 0.238 e. The Morgan fingerprint density at radius 1 is 1.04 bits per heavy atom. The average Bonchev–Trinajstić information content (AvgIpc) is 2.63. The third-order valence-electron chi connectivity index (χ3n) is 4.58. The number of sulfone groups is 1. The molecule has 5 nitrogen and oxygen atoms in total. The minimum atomic E-state index is -3.36. The molecule has 1 saturated heterocycles. The normalized spacial score (nSPS) is 16.4. The highest BCUT2D eigenvalue weighted by molar-refractivity contribution is 9.10. The Hall–Kier alpha value is -1.70.